The van der Waals surface area contributed by atoms with Crippen LogP contribution in [0.1, 0.15) is 25.0 Å². The third-order valence-corrected chi connectivity index (χ3v) is 3.62. The Morgan fingerprint density at radius 2 is 1.04 bits per heavy atom. The van der Waals surface area contributed by atoms with Crippen molar-refractivity contribution in [1.82, 2.24) is 0 Å². The first-order valence-corrected chi connectivity index (χ1v) is 7.90. The summed E-state index contributed by atoms with van der Waals surface area (Å²) in [6.07, 6.45) is -1.82. The zero-order chi connectivity index (χ0) is 17.4. The van der Waals surface area contributed by atoms with E-state index in [9.17, 15) is 9.59 Å². The number of carbonyl (C=O) groups excluding carboxylic acids is 2. The fraction of sp³-hybridized carbons (Fsp3) is 0.300. The minimum Gasteiger partial charge on any atom is -0.363 e. The van der Waals surface area contributed by atoms with Gasteiger partial charge in [0.2, 0.25) is 0 Å². The van der Waals surface area contributed by atoms with E-state index in [-0.39, 0.29) is 24.8 Å². The Labute approximate surface area is 142 Å². The molecule has 0 saturated carbocycles. The Kier molecular flexibility index (Phi) is 6.85. The van der Waals surface area contributed by atoms with E-state index in [1.54, 1.807) is 0 Å². The van der Waals surface area contributed by atoms with E-state index < -0.39 is 12.2 Å². The predicted octanol–water partition coefficient (Wildman–Crippen LogP) is 3.34. The van der Waals surface area contributed by atoms with Crippen molar-refractivity contribution in [3.05, 3.63) is 71.8 Å². The van der Waals surface area contributed by atoms with Crippen LogP contribution in [0, 0.1) is 0 Å². The standard InChI is InChI=1S/C20H22O4/c1-15(21)19(23-13-17-9-5-3-6-10-17)20(16(2)22)24-14-18-11-7-4-8-12-18/h3-12,19-20H,13-14H2,1-2H3/t19-,20-/m0/s1. The largest absolute Gasteiger partial charge is 0.363 e. The maximum absolute atomic E-state index is 12.0. The van der Waals surface area contributed by atoms with Crippen LogP contribution in [0.3, 0.4) is 0 Å². The fourth-order valence-corrected chi connectivity index (χ4v) is 2.36. The molecule has 2 rings (SSSR count). The molecule has 0 spiro atoms. The quantitative estimate of drug-likeness (QED) is 0.709. The average Bonchev–Trinajstić information content (AvgIpc) is 2.59. The number of ether oxygens (including phenoxy) is 2. The normalized spacial score (nSPS) is 13.2. The van der Waals surface area contributed by atoms with Gasteiger partial charge in [0.05, 0.1) is 13.2 Å². The molecule has 4 heteroatoms. The molecule has 2 aromatic carbocycles. The summed E-state index contributed by atoms with van der Waals surface area (Å²) >= 11 is 0. The van der Waals surface area contributed by atoms with E-state index in [4.69, 9.17) is 9.47 Å². The van der Waals surface area contributed by atoms with E-state index in [0.29, 0.717) is 0 Å². The number of carbonyl (C=O) groups is 2. The number of ketones is 2. The lowest BCUT2D eigenvalue weighted by Crippen LogP contribution is -2.41. The van der Waals surface area contributed by atoms with Gasteiger partial charge in [0, 0.05) is 0 Å². The van der Waals surface area contributed by atoms with Crippen molar-refractivity contribution < 1.29 is 19.1 Å². The van der Waals surface area contributed by atoms with Crippen molar-refractivity contribution in [1.29, 1.82) is 0 Å². The molecule has 0 aliphatic carbocycles. The lowest BCUT2D eigenvalue weighted by molar-refractivity contribution is -0.154. The third kappa shape index (κ3) is 5.41. The number of rotatable bonds is 9. The van der Waals surface area contributed by atoms with Crippen LogP contribution >= 0.6 is 0 Å². The summed E-state index contributed by atoms with van der Waals surface area (Å²) in [5, 5.41) is 0. The molecule has 0 bridgehead atoms. The highest BCUT2D eigenvalue weighted by Gasteiger charge is 2.31. The topological polar surface area (TPSA) is 52.6 Å². The molecule has 0 aromatic heterocycles. The Bertz CT molecular complexity index is 592. The SMILES string of the molecule is CC(=O)[C@H](OCc1ccccc1)[C@@H](OCc1ccccc1)C(C)=O. The zero-order valence-electron chi connectivity index (χ0n) is 14.0. The van der Waals surface area contributed by atoms with E-state index in [0.717, 1.165) is 11.1 Å². The molecular weight excluding hydrogens is 304 g/mol. The molecule has 2 atom stereocenters. The first-order chi connectivity index (χ1) is 11.6. The van der Waals surface area contributed by atoms with Crippen LogP contribution in [-0.4, -0.2) is 23.8 Å². The van der Waals surface area contributed by atoms with Gasteiger partial charge in [0.25, 0.3) is 0 Å². The van der Waals surface area contributed by atoms with Crippen molar-refractivity contribution in [2.75, 3.05) is 0 Å². The van der Waals surface area contributed by atoms with Gasteiger partial charge in [0.15, 0.2) is 11.6 Å². The van der Waals surface area contributed by atoms with Crippen molar-refractivity contribution in [2.45, 2.75) is 39.3 Å². The summed E-state index contributed by atoms with van der Waals surface area (Å²) in [4.78, 5) is 23.9. The van der Waals surface area contributed by atoms with Crippen molar-refractivity contribution in [3.63, 3.8) is 0 Å². The monoisotopic (exact) mass is 326 g/mol. The van der Waals surface area contributed by atoms with Gasteiger partial charge in [-0.3, -0.25) is 9.59 Å². The Balaban J connectivity index is 2.03. The molecular formula is C20H22O4. The molecule has 0 aliphatic rings. The maximum Gasteiger partial charge on any atom is 0.161 e. The molecule has 24 heavy (non-hydrogen) atoms. The summed E-state index contributed by atoms with van der Waals surface area (Å²) in [5.74, 6) is -0.446. The van der Waals surface area contributed by atoms with Gasteiger partial charge in [0.1, 0.15) is 12.2 Å². The van der Waals surface area contributed by atoms with Gasteiger partial charge in [-0.2, -0.15) is 0 Å². The molecule has 0 amide bonds. The number of hydrogen-bond donors (Lipinski definition) is 0. The molecule has 0 N–H and O–H groups in total. The van der Waals surface area contributed by atoms with Crippen molar-refractivity contribution >= 4 is 11.6 Å². The van der Waals surface area contributed by atoms with Crippen LogP contribution in [0.15, 0.2) is 60.7 Å². The van der Waals surface area contributed by atoms with E-state index in [2.05, 4.69) is 0 Å². The molecule has 4 nitrogen and oxygen atoms in total. The van der Waals surface area contributed by atoms with E-state index >= 15 is 0 Å². The van der Waals surface area contributed by atoms with E-state index in [1.807, 2.05) is 60.7 Å². The summed E-state index contributed by atoms with van der Waals surface area (Å²) in [6.45, 7) is 3.34. The third-order valence-electron chi connectivity index (χ3n) is 3.62. The maximum atomic E-state index is 12.0. The number of benzene rings is 2. The Morgan fingerprint density at radius 3 is 1.33 bits per heavy atom. The van der Waals surface area contributed by atoms with Crippen molar-refractivity contribution in [2.24, 2.45) is 0 Å². The van der Waals surface area contributed by atoms with Gasteiger partial charge < -0.3 is 9.47 Å². The van der Waals surface area contributed by atoms with E-state index in [1.165, 1.54) is 13.8 Å². The lowest BCUT2D eigenvalue weighted by Gasteiger charge is -2.24. The van der Waals surface area contributed by atoms with Gasteiger partial charge in [-0.05, 0) is 25.0 Å². The molecule has 126 valence electrons. The van der Waals surface area contributed by atoms with Gasteiger partial charge in [-0.25, -0.2) is 0 Å². The lowest BCUT2D eigenvalue weighted by atomic mass is 10.1. The van der Waals surface area contributed by atoms with Crippen LogP contribution in [0.25, 0.3) is 0 Å². The van der Waals surface area contributed by atoms with Gasteiger partial charge >= 0.3 is 0 Å². The highest BCUT2D eigenvalue weighted by molar-refractivity contribution is 5.90. The Hall–Kier alpha value is -2.30. The highest BCUT2D eigenvalue weighted by Crippen LogP contribution is 2.14. The van der Waals surface area contributed by atoms with Crippen molar-refractivity contribution in [3.8, 4) is 0 Å². The predicted molar refractivity (Wildman–Crippen MR) is 91.4 cm³/mol. The molecule has 0 saturated heterocycles. The number of Topliss-reactive ketones (excluding diaryl/α,β-unsaturated/α-hetero) is 2. The zero-order valence-corrected chi connectivity index (χ0v) is 14.0. The van der Waals surface area contributed by atoms with Crippen LogP contribution in [-0.2, 0) is 32.3 Å². The fourth-order valence-electron chi connectivity index (χ4n) is 2.36. The summed E-state index contributed by atoms with van der Waals surface area (Å²) < 4.78 is 11.4. The second kappa shape index (κ2) is 9.11. The first-order valence-electron chi connectivity index (χ1n) is 7.90. The number of hydrogen-bond acceptors (Lipinski definition) is 4. The van der Waals surface area contributed by atoms with Gasteiger partial charge in [-0.15, -0.1) is 0 Å². The smallest absolute Gasteiger partial charge is 0.161 e. The first kappa shape index (κ1) is 18.0. The molecule has 0 aliphatic heterocycles. The summed E-state index contributed by atoms with van der Waals surface area (Å²) in [5.41, 5.74) is 1.88. The van der Waals surface area contributed by atoms with Crippen LogP contribution in [0.5, 0.6) is 0 Å². The highest BCUT2D eigenvalue weighted by atomic mass is 16.5. The second-order valence-corrected chi connectivity index (χ2v) is 5.66. The molecule has 0 unspecified atom stereocenters. The van der Waals surface area contributed by atoms with Crippen LogP contribution in [0.4, 0.5) is 0 Å². The molecule has 0 heterocycles. The molecule has 0 fully saturated rings. The second-order valence-electron chi connectivity index (χ2n) is 5.66. The summed E-state index contributed by atoms with van der Waals surface area (Å²) in [7, 11) is 0. The minimum absolute atomic E-state index is 0.223. The molecule has 2 aromatic rings. The molecule has 0 radical (unpaired) electrons. The van der Waals surface area contributed by atoms with Gasteiger partial charge in [-0.1, -0.05) is 60.7 Å². The average molecular weight is 326 g/mol. The van der Waals surface area contributed by atoms with Crippen LogP contribution < -0.4 is 0 Å². The summed E-state index contributed by atoms with van der Waals surface area (Å²) in [6, 6.07) is 19.0. The van der Waals surface area contributed by atoms with Crippen LogP contribution in [0.2, 0.25) is 0 Å². The Morgan fingerprint density at radius 1 is 0.708 bits per heavy atom. The minimum atomic E-state index is -0.911.